The van der Waals surface area contributed by atoms with Crippen molar-refractivity contribution < 1.29 is 14.7 Å². The highest BCUT2D eigenvalue weighted by atomic mass is 16.4. The molecule has 86 valence electrons. The fourth-order valence-electron chi connectivity index (χ4n) is 2.06. The number of hydrogen-bond donors (Lipinski definition) is 2. The van der Waals surface area contributed by atoms with Crippen LogP contribution in [0.4, 0.5) is 0 Å². The first-order valence-electron chi connectivity index (χ1n) is 5.11. The average Bonchev–Trinajstić information content (AvgIpc) is 2.86. The number of aromatic amines is 1. The number of amides is 1. The molecule has 1 amide bonds. The molecule has 1 aliphatic heterocycles. The molecular formula is C10H13N3O3. The molecule has 2 heterocycles. The zero-order valence-electron chi connectivity index (χ0n) is 8.93. The second kappa shape index (κ2) is 3.96. The minimum absolute atomic E-state index is 0.0268. The Morgan fingerprint density at radius 1 is 1.62 bits per heavy atom. The van der Waals surface area contributed by atoms with Gasteiger partial charge in [0.1, 0.15) is 5.56 Å². The van der Waals surface area contributed by atoms with Crippen molar-refractivity contribution in [1.29, 1.82) is 0 Å². The van der Waals surface area contributed by atoms with Crippen molar-refractivity contribution in [3.8, 4) is 0 Å². The van der Waals surface area contributed by atoms with E-state index in [1.165, 1.54) is 13.1 Å². The van der Waals surface area contributed by atoms with Crippen LogP contribution in [0.15, 0.2) is 6.20 Å². The minimum Gasteiger partial charge on any atom is -0.478 e. The Labute approximate surface area is 92.3 Å². The summed E-state index contributed by atoms with van der Waals surface area (Å²) in [7, 11) is 0. The molecule has 6 heteroatoms. The number of hydrogen-bond acceptors (Lipinski definition) is 3. The fraction of sp³-hybridized carbons (Fsp3) is 0.500. The Morgan fingerprint density at radius 2 is 2.38 bits per heavy atom. The number of H-pyrrole nitrogens is 1. The predicted octanol–water partition coefficient (Wildman–Crippen LogP) is 0.444. The monoisotopic (exact) mass is 223 g/mol. The Balaban J connectivity index is 2.17. The topological polar surface area (TPSA) is 86.3 Å². The number of rotatable bonds is 2. The Bertz CT molecular complexity index is 427. The number of nitrogens with zero attached hydrogens (tertiary/aromatic N) is 2. The van der Waals surface area contributed by atoms with Crippen LogP contribution in [0.25, 0.3) is 0 Å². The molecule has 0 spiro atoms. The molecule has 6 nitrogen and oxygen atoms in total. The molecule has 0 saturated carbocycles. The third kappa shape index (κ3) is 1.78. The maximum Gasteiger partial charge on any atom is 0.339 e. The summed E-state index contributed by atoms with van der Waals surface area (Å²) in [6, 6.07) is 0. The van der Waals surface area contributed by atoms with E-state index in [0.717, 1.165) is 6.42 Å². The Hall–Kier alpha value is -1.85. The van der Waals surface area contributed by atoms with Gasteiger partial charge >= 0.3 is 5.97 Å². The molecule has 1 saturated heterocycles. The Morgan fingerprint density at radius 3 is 2.94 bits per heavy atom. The van der Waals surface area contributed by atoms with E-state index in [2.05, 4.69) is 10.2 Å². The first-order valence-corrected chi connectivity index (χ1v) is 5.11. The van der Waals surface area contributed by atoms with Gasteiger partial charge in [-0.25, -0.2) is 4.79 Å². The summed E-state index contributed by atoms with van der Waals surface area (Å²) in [5.41, 5.74) is 0.826. The van der Waals surface area contributed by atoms with Crippen LogP contribution < -0.4 is 0 Å². The van der Waals surface area contributed by atoms with Gasteiger partial charge in [-0.1, -0.05) is 0 Å². The van der Waals surface area contributed by atoms with Crippen LogP contribution in [0.1, 0.15) is 35.3 Å². The molecular weight excluding hydrogens is 210 g/mol. The normalized spacial score (nSPS) is 20.1. The van der Waals surface area contributed by atoms with Gasteiger partial charge in [0, 0.05) is 25.9 Å². The van der Waals surface area contributed by atoms with E-state index < -0.39 is 5.97 Å². The van der Waals surface area contributed by atoms with Crippen LogP contribution in [-0.4, -0.2) is 45.2 Å². The van der Waals surface area contributed by atoms with Crippen LogP contribution in [0.3, 0.4) is 0 Å². The third-order valence-electron chi connectivity index (χ3n) is 2.94. The maximum absolute atomic E-state index is 11.2. The average molecular weight is 223 g/mol. The number of carboxylic acids is 1. The van der Waals surface area contributed by atoms with Gasteiger partial charge in [0.25, 0.3) is 0 Å². The molecule has 1 aliphatic rings. The number of aromatic carboxylic acids is 1. The molecule has 1 unspecified atom stereocenters. The summed E-state index contributed by atoms with van der Waals surface area (Å²) in [4.78, 5) is 23.8. The van der Waals surface area contributed by atoms with E-state index in [1.807, 2.05) is 0 Å². The van der Waals surface area contributed by atoms with E-state index in [4.69, 9.17) is 5.11 Å². The van der Waals surface area contributed by atoms with Crippen molar-refractivity contribution in [3.63, 3.8) is 0 Å². The van der Waals surface area contributed by atoms with E-state index in [0.29, 0.717) is 18.8 Å². The molecule has 1 aromatic heterocycles. The van der Waals surface area contributed by atoms with Gasteiger partial charge in [0.2, 0.25) is 5.91 Å². The van der Waals surface area contributed by atoms with E-state index >= 15 is 0 Å². The highest BCUT2D eigenvalue weighted by Gasteiger charge is 2.29. The number of aromatic nitrogens is 2. The van der Waals surface area contributed by atoms with Crippen molar-refractivity contribution in [3.05, 3.63) is 17.5 Å². The highest BCUT2D eigenvalue weighted by Crippen LogP contribution is 2.27. The third-order valence-corrected chi connectivity index (χ3v) is 2.94. The number of carbonyl (C=O) groups is 2. The predicted molar refractivity (Wildman–Crippen MR) is 55.2 cm³/mol. The van der Waals surface area contributed by atoms with Crippen molar-refractivity contribution in [1.82, 2.24) is 15.1 Å². The van der Waals surface area contributed by atoms with Gasteiger partial charge in [0.15, 0.2) is 0 Å². The quantitative estimate of drug-likeness (QED) is 0.761. The van der Waals surface area contributed by atoms with Crippen molar-refractivity contribution in [2.75, 3.05) is 13.1 Å². The molecule has 1 atom stereocenters. The largest absolute Gasteiger partial charge is 0.478 e. The van der Waals surface area contributed by atoms with E-state index in [1.54, 1.807) is 4.90 Å². The zero-order chi connectivity index (χ0) is 11.7. The number of carboxylic acid groups (broad SMARTS) is 1. The lowest BCUT2D eigenvalue weighted by Crippen LogP contribution is -2.25. The standard InChI is InChI=1S/C10H13N3O3/c1-6(14)13-3-2-7(5-13)9-8(10(15)16)4-11-12-9/h4,7H,2-3,5H2,1H3,(H,11,12)(H,15,16). The van der Waals surface area contributed by atoms with Crippen molar-refractivity contribution in [2.24, 2.45) is 0 Å². The van der Waals surface area contributed by atoms with Gasteiger partial charge in [-0.15, -0.1) is 0 Å². The summed E-state index contributed by atoms with van der Waals surface area (Å²) in [6.07, 6.45) is 2.09. The SMILES string of the molecule is CC(=O)N1CCC(c2[nH]ncc2C(=O)O)C1. The smallest absolute Gasteiger partial charge is 0.339 e. The summed E-state index contributed by atoms with van der Waals surface area (Å²) in [5, 5.41) is 15.4. The number of likely N-dealkylation sites (tertiary alicyclic amines) is 1. The molecule has 16 heavy (non-hydrogen) atoms. The van der Waals surface area contributed by atoms with E-state index in [9.17, 15) is 9.59 Å². The lowest BCUT2D eigenvalue weighted by Gasteiger charge is -2.13. The molecule has 2 N–H and O–H groups in total. The van der Waals surface area contributed by atoms with Crippen molar-refractivity contribution in [2.45, 2.75) is 19.3 Å². The summed E-state index contributed by atoms with van der Waals surface area (Å²) in [6.45, 7) is 2.77. The molecule has 0 aliphatic carbocycles. The summed E-state index contributed by atoms with van der Waals surface area (Å²) in [5.74, 6) is -0.901. The summed E-state index contributed by atoms with van der Waals surface area (Å²) >= 11 is 0. The van der Waals surface area contributed by atoms with Crippen LogP contribution in [0.5, 0.6) is 0 Å². The van der Waals surface area contributed by atoms with Crippen LogP contribution >= 0.6 is 0 Å². The first kappa shape index (κ1) is 10.7. The summed E-state index contributed by atoms with van der Waals surface area (Å²) < 4.78 is 0. The van der Waals surface area contributed by atoms with Gasteiger partial charge < -0.3 is 10.0 Å². The maximum atomic E-state index is 11.2. The molecule has 0 radical (unpaired) electrons. The van der Waals surface area contributed by atoms with Crippen LogP contribution in [0.2, 0.25) is 0 Å². The van der Waals surface area contributed by atoms with Gasteiger partial charge in [-0.05, 0) is 6.42 Å². The zero-order valence-corrected chi connectivity index (χ0v) is 8.93. The molecule has 0 bridgehead atoms. The first-order chi connectivity index (χ1) is 7.59. The Kier molecular flexibility index (Phi) is 2.64. The van der Waals surface area contributed by atoms with Gasteiger partial charge in [-0.3, -0.25) is 9.89 Å². The molecule has 0 aromatic carbocycles. The second-order valence-corrected chi connectivity index (χ2v) is 3.95. The number of carbonyl (C=O) groups excluding carboxylic acids is 1. The molecule has 1 aromatic rings. The van der Waals surface area contributed by atoms with Crippen LogP contribution in [0, 0.1) is 0 Å². The number of nitrogens with one attached hydrogen (secondary N) is 1. The minimum atomic E-state index is -0.981. The highest BCUT2D eigenvalue weighted by molar-refractivity contribution is 5.88. The van der Waals surface area contributed by atoms with Crippen LogP contribution in [-0.2, 0) is 4.79 Å². The second-order valence-electron chi connectivity index (χ2n) is 3.95. The van der Waals surface area contributed by atoms with Gasteiger partial charge in [-0.2, -0.15) is 5.10 Å². The molecule has 2 rings (SSSR count). The lowest BCUT2D eigenvalue weighted by atomic mass is 10.0. The fourth-order valence-corrected chi connectivity index (χ4v) is 2.06. The van der Waals surface area contributed by atoms with E-state index in [-0.39, 0.29) is 17.4 Å². The van der Waals surface area contributed by atoms with Gasteiger partial charge in [0.05, 0.1) is 11.9 Å². The lowest BCUT2D eigenvalue weighted by molar-refractivity contribution is -0.127. The van der Waals surface area contributed by atoms with Crippen molar-refractivity contribution >= 4 is 11.9 Å². The molecule has 1 fully saturated rings.